The van der Waals surface area contributed by atoms with E-state index in [1.807, 2.05) is 0 Å². The fourth-order valence-electron chi connectivity index (χ4n) is 5.79. The summed E-state index contributed by atoms with van der Waals surface area (Å²) in [5.74, 6) is -3.94. The number of carbonyl (C=O) groups is 2. The summed E-state index contributed by atoms with van der Waals surface area (Å²) in [4.78, 5) is 23.9. The third kappa shape index (κ3) is 33.7. The van der Waals surface area contributed by atoms with Crippen LogP contribution in [0.3, 0.4) is 0 Å². The Kier molecular flexibility index (Phi) is 32.4. The highest BCUT2D eigenvalue weighted by molar-refractivity contribution is 5.70. The summed E-state index contributed by atoms with van der Waals surface area (Å²) >= 11 is 0. The van der Waals surface area contributed by atoms with Gasteiger partial charge in [-0.3, -0.25) is 9.59 Å². The number of carbonyl (C=O) groups excluding carboxylic acids is 2. The Balaban J connectivity index is 3.51. The molecule has 0 saturated heterocycles. The van der Waals surface area contributed by atoms with Crippen LogP contribution in [-0.2, 0) is 19.1 Å². The lowest BCUT2D eigenvalue weighted by atomic mass is 10.0. The van der Waals surface area contributed by atoms with Gasteiger partial charge < -0.3 is 19.7 Å². The van der Waals surface area contributed by atoms with Gasteiger partial charge >= 0.3 is 17.9 Å². The highest BCUT2D eigenvalue weighted by Gasteiger charge is 2.30. The predicted octanol–water partition coefficient (Wildman–Crippen LogP) is 11.2. The summed E-state index contributed by atoms with van der Waals surface area (Å²) in [5, 5.41) is 19.8. The molecule has 262 valence electrons. The van der Waals surface area contributed by atoms with Crippen molar-refractivity contribution in [3.8, 4) is 0 Å². The van der Waals surface area contributed by atoms with Crippen molar-refractivity contribution in [2.24, 2.45) is 0 Å². The first-order valence-corrected chi connectivity index (χ1v) is 19.2. The third-order valence-electron chi connectivity index (χ3n) is 8.67. The Morgan fingerprint density at radius 1 is 0.409 bits per heavy atom. The van der Waals surface area contributed by atoms with Crippen molar-refractivity contribution in [3.05, 3.63) is 0 Å². The van der Waals surface area contributed by atoms with Crippen LogP contribution in [0, 0.1) is 0 Å². The molecule has 0 radical (unpaired) electrons. The van der Waals surface area contributed by atoms with Crippen molar-refractivity contribution in [2.75, 3.05) is 6.61 Å². The van der Waals surface area contributed by atoms with E-state index in [2.05, 4.69) is 13.8 Å². The molecule has 0 amide bonds. The lowest BCUT2D eigenvalue weighted by Gasteiger charge is -2.21. The summed E-state index contributed by atoms with van der Waals surface area (Å²) in [6.07, 6.45) is 37.8. The van der Waals surface area contributed by atoms with Crippen LogP contribution >= 0.6 is 0 Å². The average molecular weight is 627 g/mol. The molecule has 0 spiro atoms. The fourth-order valence-corrected chi connectivity index (χ4v) is 5.79. The monoisotopic (exact) mass is 627 g/mol. The maximum Gasteiger partial charge on any atom is 0.360 e. The van der Waals surface area contributed by atoms with Crippen LogP contribution in [0.4, 0.5) is 0 Å². The molecule has 0 unspecified atom stereocenters. The van der Waals surface area contributed by atoms with E-state index < -0.39 is 24.5 Å². The van der Waals surface area contributed by atoms with Crippen LogP contribution in [0.25, 0.3) is 0 Å². The van der Waals surface area contributed by atoms with Crippen LogP contribution in [0.15, 0.2) is 0 Å². The minimum absolute atomic E-state index is 0.133. The van der Waals surface area contributed by atoms with Crippen LogP contribution < -0.4 is 0 Å². The van der Waals surface area contributed by atoms with Gasteiger partial charge in [0.05, 0.1) is 0 Å². The molecule has 0 atom stereocenters. The standard InChI is InChI=1S/C38H74O6/c1-3-5-7-9-11-13-15-17-19-21-23-25-27-29-31-33-36(39)43-35-38(41,42)44-37(40)34-32-30-28-26-24-22-20-18-16-14-12-10-8-6-4-2/h41-42H,3-35H2,1-2H3. The number of rotatable bonds is 35. The molecule has 2 N–H and O–H groups in total. The van der Waals surface area contributed by atoms with Gasteiger partial charge in [-0.1, -0.05) is 194 Å². The minimum atomic E-state index is -2.77. The van der Waals surface area contributed by atoms with E-state index >= 15 is 0 Å². The SMILES string of the molecule is CCCCCCCCCCCCCCCCCC(=O)OCC(O)(O)OC(=O)CCCCCCCCCCCCCCCCC. The van der Waals surface area contributed by atoms with Crippen LogP contribution in [0.1, 0.15) is 219 Å². The van der Waals surface area contributed by atoms with Crippen molar-refractivity contribution < 1.29 is 29.3 Å². The van der Waals surface area contributed by atoms with E-state index in [9.17, 15) is 19.8 Å². The number of hydrogen-bond donors (Lipinski definition) is 2. The maximum absolute atomic E-state index is 12.0. The van der Waals surface area contributed by atoms with E-state index in [0.717, 1.165) is 32.1 Å². The van der Waals surface area contributed by atoms with Gasteiger partial charge in [0.25, 0.3) is 0 Å². The molecule has 0 aromatic rings. The summed E-state index contributed by atoms with van der Waals surface area (Å²) in [5.41, 5.74) is 0. The first kappa shape index (κ1) is 42.9. The molecule has 6 heteroatoms. The second-order valence-electron chi connectivity index (χ2n) is 13.3. The molecule has 0 rings (SSSR count). The Morgan fingerprint density at radius 2 is 0.659 bits per heavy atom. The molecule has 0 heterocycles. The van der Waals surface area contributed by atoms with Gasteiger partial charge in [-0.05, 0) is 12.8 Å². The normalized spacial score (nSPS) is 11.6. The van der Waals surface area contributed by atoms with Crippen molar-refractivity contribution in [1.82, 2.24) is 0 Å². The highest BCUT2D eigenvalue weighted by atomic mass is 16.8. The van der Waals surface area contributed by atoms with E-state index in [0.29, 0.717) is 6.42 Å². The van der Waals surface area contributed by atoms with E-state index in [-0.39, 0.29) is 12.8 Å². The molecule has 0 saturated carbocycles. The summed E-state index contributed by atoms with van der Waals surface area (Å²) < 4.78 is 9.68. The largest absolute Gasteiger partial charge is 0.456 e. The lowest BCUT2D eigenvalue weighted by molar-refractivity contribution is -0.333. The molecule has 44 heavy (non-hydrogen) atoms. The van der Waals surface area contributed by atoms with Gasteiger partial charge in [0, 0.05) is 12.8 Å². The van der Waals surface area contributed by atoms with Gasteiger partial charge in [-0.2, -0.15) is 0 Å². The number of unbranched alkanes of at least 4 members (excludes halogenated alkanes) is 28. The molecule has 0 aliphatic carbocycles. The third-order valence-corrected chi connectivity index (χ3v) is 8.67. The first-order chi connectivity index (χ1) is 21.4. The zero-order chi connectivity index (χ0) is 32.4. The smallest absolute Gasteiger partial charge is 0.360 e. The Morgan fingerprint density at radius 3 is 0.955 bits per heavy atom. The number of esters is 2. The zero-order valence-electron chi connectivity index (χ0n) is 29.4. The Labute approximate surface area is 272 Å². The second-order valence-corrected chi connectivity index (χ2v) is 13.3. The molecule has 0 aromatic heterocycles. The van der Waals surface area contributed by atoms with Gasteiger partial charge in [-0.15, -0.1) is 0 Å². The summed E-state index contributed by atoms with van der Waals surface area (Å²) in [6.45, 7) is 3.77. The number of aliphatic hydroxyl groups is 2. The Hall–Kier alpha value is -1.14. The van der Waals surface area contributed by atoms with E-state index in [1.54, 1.807) is 0 Å². The molecular weight excluding hydrogens is 552 g/mol. The van der Waals surface area contributed by atoms with Gasteiger partial charge in [-0.25, -0.2) is 0 Å². The molecule has 0 aliphatic rings. The number of hydrogen-bond acceptors (Lipinski definition) is 6. The van der Waals surface area contributed by atoms with Crippen molar-refractivity contribution in [3.63, 3.8) is 0 Å². The van der Waals surface area contributed by atoms with Crippen molar-refractivity contribution >= 4 is 11.9 Å². The summed E-state index contributed by atoms with van der Waals surface area (Å²) in [7, 11) is 0. The molecule has 6 nitrogen and oxygen atoms in total. The Bertz CT molecular complexity index is 620. The topological polar surface area (TPSA) is 93.1 Å². The van der Waals surface area contributed by atoms with Gasteiger partial charge in [0.1, 0.15) is 0 Å². The number of ether oxygens (including phenoxy) is 2. The summed E-state index contributed by atoms with van der Waals surface area (Å²) in [6, 6.07) is 0. The highest BCUT2D eigenvalue weighted by Crippen LogP contribution is 2.16. The van der Waals surface area contributed by atoms with Crippen LogP contribution in [0.5, 0.6) is 0 Å². The fraction of sp³-hybridized carbons (Fsp3) is 0.947. The molecule has 0 fully saturated rings. The van der Waals surface area contributed by atoms with E-state index in [1.165, 1.54) is 154 Å². The van der Waals surface area contributed by atoms with Crippen molar-refractivity contribution in [1.29, 1.82) is 0 Å². The predicted molar refractivity (Wildman–Crippen MR) is 183 cm³/mol. The van der Waals surface area contributed by atoms with Crippen molar-refractivity contribution in [2.45, 2.75) is 225 Å². The lowest BCUT2D eigenvalue weighted by Crippen LogP contribution is -2.40. The second kappa shape index (κ2) is 33.2. The molecule has 0 aromatic carbocycles. The average Bonchev–Trinajstić information content (AvgIpc) is 2.99. The van der Waals surface area contributed by atoms with Crippen LogP contribution in [-0.4, -0.2) is 34.7 Å². The van der Waals surface area contributed by atoms with Gasteiger partial charge in [0.15, 0.2) is 6.61 Å². The molecular formula is C38H74O6. The molecule has 0 aliphatic heterocycles. The minimum Gasteiger partial charge on any atom is -0.456 e. The van der Waals surface area contributed by atoms with Crippen LogP contribution in [0.2, 0.25) is 0 Å². The zero-order valence-corrected chi connectivity index (χ0v) is 29.4. The first-order valence-electron chi connectivity index (χ1n) is 19.2. The van der Waals surface area contributed by atoms with E-state index in [4.69, 9.17) is 9.47 Å². The maximum atomic E-state index is 12.0. The molecule has 0 bridgehead atoms. The van der Waals surface area contributed by atoms with Gasteiger partial charge in [0.2, 0.25) is 0 Å². The quantitative estimate of drug-likeness (QED) is 0.0413.